The maximum absolute atomic E-state index is 14.1. The summed E-state index contributed by atoms with van der Waals surface area (Å²) in [7, 11) is 1.38. The molecule has 1 aliphatic heterocycles. The minimum absolute atomic E-state index is 0.0169. The molecule has 0 saturated carbocycles. The molecule has 5 rings (SSSR count). The zero-order valence-corrected chi connectivity index (χ0v) is 25.4. The van der Waals surface area contributed by atoms with Crippen LogP contribution in [-0.4, -0.2) is 43.0 Å². The lowest BCUT2D eigenvalue weighted by molar-refractivity contribution is -0.117. The Morgan fingerprint density at radius 1 is 0.909 bits per heavy atom. The zero-order valence-electron chi connectivity index (χ0n) is 24.7. The van der Waals surface area contributed by atoms with Gasteiger partial charge in [-0.3, -0.25) is 15.0 Å². The Labute approximate surface area is 261 Å². The van der Waals surface area contributed by atoms with Crippen molar-refractivity contribution in [1.29, 1.82) is 0 Å². The van der Waals surface area contributed by atoms with Crippen LogP contribution in [0.25, 0.3) is 11.1 Å². The number of anilines is 3. The van der Waals surface area contributed by atoms with E-state index in [1.54, 1.807) is 6.92 Å². The normalized spacial score (nSPS) is 12.8. The third-order valence-electron chi connectivity index (χ3n) is 7.76. The Morgan fingerprint density at radius 3 is 2.16 bits per heavy atom. The van der Waals surface area contributed by atoms with Gasteiger partial charge in [-0.2, -0.15) is 0 Å². The molecule has 0 unspecified atom stereocenters. The van der Waals surface area contributed by atoms with Crippen LogP contribution in [0.4, 0.5) is 17.1 Å². The van der Waals surface area contributed by atoms with Gasteiger partial charge >= 0.3 is 5.97 Å². The average molecular weight is 612 g/mol. The van der Waals surface area contributed by atoms with Gasteiger partial charge in [0.1, 0.15) is 11.3 Å². The van der Waals surface area contributed by atoms with Crippen LogP contribution in [0.1, 0.15) is 52.5 Å². The molecule has 2 N–H and O–H groups in total. The largest absolute Gasteiger partial charge is 0.496 e. The Balaban J connectivity index is 1.48. The summed E-state index contributed by atoms with van der Waals surface area (Å²) in [5.74, 6) is -1.31. The first kappa shape index (κ1) is 30.6. The van der Waals surface area contributed by atoms with E-state index in [4.69, 9.17) is 16.3 Å². The fourth-order valence-electron chi connectivity index (χ4n) is 5.39. The van der Waals surface area contributed by atoms with Gasteiger partial charge in [-0.15, -0.1) is 0 Å². The highest BCUT2D eigenvalue weighted by Crippen LogP contribution is 2.34. The maximum Gasteiger partial charge on any atom is 0.339 e. The monoisotopic (exact) mass is 611 g/mol. The number of carbonyl (C=O) groups excluding carboxylic acids is 2. The lowest BCUT2D eigenvalue weighted by atomic mass is 10.0. The number of hydrogen-bond acceptors (Lipinski definition) is 6. The van der Waals surface area contributed by atoms with Crippen molar-refractivity contribution in [3.8, 4) is 16.9 Å². The lowest BCUT2D eigenvalue weighted by Crippen LogP contribution is -2.39. The van der Waals surface area contributed by atoms with Crippen LogP contribution >= 0.6 is 11.6 Å². The van der Waals surface area contributed by atoms with Crippen molar-refractivity contribution in [2.45, 2.75) is 32.6 Å². The van der Waals surface area contributed by atoms with E-state index in [2.05, 4.69) is 10.3 Å². The highest BCUT2D eigenvalue weighted by atomic mass is 35.5. The molecule has 1 amide bonds. The number of ketones is 1. The van der Waals surface area contributed by atoms with Crippen LogP contribution in [0.15, 0.2) is 84.9 Å². The number of rotatable bonds is 10. The summed E-state index contributed by atoms with van der Waals surface area (Å²) in [6.07, 6.45) is 3.23. The van der Waals surface area contributed by atoms with Gasteiger partial charge in [-0.1, -0.05) is 60.1 Å². The molecule has 0 radical (unpaired) electrons. The number of Topliss-reactive ketones (excluding diaryl/α,β-unsaturated/α-hetero) is 1. The number of methoxy groups -OCH3 is 1. The van der Waals surface area contributed by atoms with E-state index in [9.17, 15) is 19.5 Å². The van der Waals surface area contributed by atoms with Crippen LogP contribution in [0.2, 0.25) is 5.02 Å². The molecule has 226 valence electrons. The highest BCUT2D eigenvalue weighted by molar-refractivity contribution is 6.32. The second kappa shape index (κ2) is 13.7. The summed E-state index contributed by atoms with van der Waals surface area (Å²) in [4.78, 5) is 39.7. The standard InChI is InChI=1S/C35H34ClN3O5/c1-23(40)24-10-12-25(13-11-24)26-14-16-28(17-15-26)37-39(32-9-5-4-8-31(32)38-18-6-3-7-19-38)34(41)21-27-20-33(44-2)29(35(42)43)22-30(27)36/h4-5,8-17,20,22,37H,3,6-7,18-19,21H2,1-2H3,(H,42,43). The van der Waals surface area contributed by atoms with E-state index in [1.165, 1.54) is 30.7 Å². The molecule has 4 aromatic rings. The molecule has 0 aliphatic carbocycles. The number of halogens is 1. The summed E-state index contributed by atoms with van der Waals surface area (Å²) in [5.41, 5.74) is 8.63. The Hall–Kier alpha value is -4.82. The van der Waals surface area contributed by atoms with E-state index in [0.717, 1.165) is 42.7 Å². The van der Waals surface area contributed by atoms with E-state index >= 15 is 0 Å². The minimum atomic E-state index is -1.17. The van der Waals surface area contributed by atoms with Gasteiger partial charge in [0.05, 0.1) is 30.6 Å². The SMILES string of the molecule is COc1cc(CC(=O)N(Nc2ccc(-c3ccc(C(C)=O)cc3)cc2)c2ccccc2N2CCCCC2)c(Cl)cc1C(=O)O. The number of hydrogen-bond donors (Lipinski definition) is 2. The lowest BCUT2D eigenvalue weighted by Gasteiger charge is -2.34. The number of ether oxygens (including phenoxy) is 1. The highest BCUT2D eigenvalue weighted by Gasteiger charge is 2.25. The second-order valence-electron chi connectivity index (χ2n) is 10.7. The van der Waals surface area contributed by atoms with Crippen LogP contribution < -0.4 is 20.1 Å². The smallest absolute Gasteiger partial charge is 0.339 e. The number of para-hydroxylation sites is 2. The van der Waals surface area contributed by atoms with Gasteiger partial charge in [0, 0.05) is 23.7 Å². The molecule has 0 bridgehead atoms. The number of amides is 1. The first-order chi connectivity index (χ1) is 21.2. The topological polar surface area (TPSA) is 99.2 Å². The van der Waals surface area contributed by atoms with E-state index in [0.29, 0.717) is 22.5 Å². The van der Waals surface area contributed by atoms with Crippen molar-refractivity contribution in [3.05, 3.63) is 107 Å². The molecule has 0 aromatic heterocycles. The van der Waals surface area contributed by atoms with Gasteiger partial charge in [0.15, 0.2) is 5.78 Å². The quantitative estimate of drug-likeness (QED) is 0.141. The van der Waals surface area contributed by atoms with E-state index in [1.807, 2.05) is 72.8 Å². The van der Waals surface area contributed by atoms with E-state index < -0.39 is 5.97 Å². The number of carbonyl (C=O) groups is 3. The first-order valence-electron chi connectivity index (χ1n) is 14.5. The minimum Gasteiger partial charge on any atom is -0.496 e. The zero-order chi connectivity index (χ0) is 31.2. The predicted molar refractivity (Wildman–Crippen MR) is 174 cm³/mol. The predicted octanol–water partition coefficient (Wildman–Crippen LogP) is 7.51. The molecule has 9 heteroatoms. The summed E-state index contributed by atoms with van der Waals surface area (Å²) in [6, 6.07) is 25.8. The number of piperidine rings is 1. The van der Waals surface area contributed by atoms with Crippen molar-refractivity contribution < 1.29 is 24.2 Å². The van der Waals surface area contributed by atoms with Crippen LogP contribution in [0.5, 0.6) is 5.75 Å². The summed E-state index contributed by atoms with van der Waals surface area (Å²) >= 11 is 6.48. The number of hydrazine groups is 1. The Kier molecular flexibility index (Phi) is 9.50. The third-order valence-corrected chi connectivity index (χ3v) is 8.11. The van der Waals surface area contributed by atoms with Crippen molar-refractivity contribution in [1.82, 2.24) is 0 Å². The molecular formula is C35H34ClN3O5. The second-order valence-corrected chi connectivity index (χ2v) is 11.1. The molecule has 1 saturated heterocycles. The average Bonchev–Trinajstić information content (AvgIpc) is 3.05. The molecule has 44 heavy (non-hydrogen) atoms. The molecule has 8 nitrogen and oxygen atoms in total. The van der Waals surface area contributed by atoms with Crippen LogP contribution in [-0.2, 0) is 11.2 Å². The number of carboxylic acids is 1. The molecule has 4 aromatic carbocycles. The van der Waals surface area contributed by atoms with Gasteiger partial charge in [0.2, 0.25) is 5.91 Å². The number of benzene rings is 4. The summed E-state index contributed by atoms with van der Waals surface area (Å²) in [6.45, 7) is 3.34. The van der Waals surface area contributed by atoms with E-state index in [-0.39, 0.29) is 34.4 Å². The molecule has 1 fully saturated rings. The van der Waals surface area contributed by atoms with Crippen LogP contribution in [0.3, 0.4) is 0 Å². The van der Waals surface area contributed by atoms with Gasteiger partial charge in [-0.25, -0.2) is 9.80 Å². The Bertz CT molecular complexity index is 1670. The molecule has 1 heterocycles. The fraction of sp³-hybridized carbons (Fsp3) is 0.229. The first-order valence-corrected chi connectivity index (χ1v) is 14.9. The number of aromatic carboxylic acids is 1. The van der Waals surface area contributed by atoms with Crippen molar-refractivity contribution in [3.63, 3.8) is 0 Å². The van der Waals surface area contributed by atoms with Crippen molar-refractivity contribution >= 4 is 46.3 Å². The summed E-state index contributed by atoms with van der Waals surface area (Å²) in [5, 5.41) is 11.2. The van der Waals surface area contributed by atoms with Crippen LogP contribution in [0, 0.1) is 0 Å². The number of nitrogens with one attached hydrogen (secondary N) is 1. The fourth-order valence-corrected chi connectivity index (χ4v) is 5.62. The maximum atomic E-state index is 14.1. The Morgan fingerprint density at radius 2 is 1.55 bits per heavy atom. The summed E-state index contributed by atoms with van der Waals surface area (Å²) < 4.78 is 5.29. The molecule has 0 atom stereocenters. The third kappa shape index (κ3) is 6.87. The molecule has 1 aliphatic rings. The van der Waals surface area contributed by atoms with Crippen molar-refractivity contribution in [2.24, 2.45) is 0 Å². The number of nitrogens with zero attached hydrogens (tertiary/aromatic N) is 2. The van der Waals surface area contributed by atoms with Gasteiger partial charge in [-0.05, 0) is 79.3 Å². The molecule has 0 spiro atoms. The van der Waals surface area contributed by atoms with Gasteiger partial charge < -0.3 is 14.7 Å². The number of carboxylic acid groups (broad SMARTS) is 1. The van der Waals surface area contributed by atoms with Crippen molar-refractivity contribution in [2.75, 3.05) is 35.5 Å². The van der Waals surface area contributed by atoms with Gasteiger partial charge in [0.25, 0.3) is 0 Å². The molecular weight excluding hydrogens is 578 g/mol.